The van der Waals surface area contributed by atoms with Crippen LogP contribution in [0.4, 0.5) is 13.2 Å². The second-order valence-electron chi connectivity index (χ2n) is 4.03. The molecule has 0 atom stereocenters. The number of sulfonamides is 1. The molecule has 0 saturated carbocycles. The normalized spacial score (nSPS) is 11.6. The van der Waals surface area contributed by atoms with Crippen LogP contribution >= 0.6 is 0 Å². The molecule has 0 fully saturated rings. The summed E-state index contributed by atoms with van der Waals surface area (Å²) in [7, 11) is -3.83. The van der Waals surface area contributed by atoms with Crippen LogP contribution in [0.2, 0.25) is 0 Å². The van der Waals surface area contributed by atoms with Crippen molar-refractivity contribution in [1.82, 2.24) is 4.72 Å². The van der Waals surface area contributed by atoms with Crippen LogP contribution in [0.5, 0.6) is 0 Å². The largest absolute Gasteiger partial charge is 0.240 e. The predicted octanol–water partition coefficient (Wildman–Crippen LogP) is 2.58. The number of rotatable bonds is 4. The maximum atomic E-state index is 13.0. The molecule has 20 heavy (non-hydrogen) atoms. The lowest BCUT2D eigenvalue weighted by molar-refractivity contribution is 0.506. The van der Waals surface area contributed by atoms with Crippen LogP contribution in [0.15, 0.2) is 47.4 Å². The van der Waals surface area contributed by atoms with Crippen molar-refractivity contribution in [2.75, 3.05) is 0 Å². The van der Waals surface area contributed by atoms with Crippen molar-refractivity contribution in [2.24, 2.45) is 0 Å². The highest BCUT2D eigenvalue weighted by Gasteiger charge is 2.14. The Balaban J connectivity index is 2.13. The smallest absolute Gasteiger partial charge is 0.207 e. The predicted molar refractivity (Wildman–Crippen MR) is 66.8 cm³/mol. The van der Waals surface area contributed by atoms with Gasteiger partial charge < -0.3 is 0 Å². The first-order valence-corrected chi connectivity index (χ1v) is 7.06. The standard InChI is InChI=1S/C13H10F3NO2S/c14-10-2-4-11(5-3-10)20(18,19)17-8-9-1-6-12(15)13(16)7-9/h1-7,17H,8H2. The lowest BCUT2D eigenvalue weighted by Gasteiger charge is -2.07. The van der Waals surface area contributed by atoms with Gasteiger partial charge in [0.2, 0.25) is 10.0 Å². The molecular formula is C13H10F3NO2S. The van der Waals surface area contributed by atoms with E-state index in [1.165, 1.54) is 6.07 Å². The molecule has 106 valence electrons. The fraction of sp³-hybridized carbons (Fsp3) is 0.0769. The van der Waals surface area contributed by atoms with E-state index >= 15 is 0 Å². The first-order chi connectivity index (χ1) is 9.38. The van der Waals surface area contributed by atoms with Crippen LogP contribution in [-0.2, 0) is 16.6 Å². The fourth-order valence-corrected chi connectivity index (χ4v) is 2.54. The van der Waals surface area contributed by atoms with Gasteiger partial charge in [0, 0.05) is 6.54 Å². The van der Waals surface area contributed by atoms with Gasteiger partial charge in [-0.05, 0) is 42.0 Å². The summed E-state index contributed by atoms with van der Waals surface area (Å²) >= 11 is 0. The SMILES string of the molecule is O=S(=O)(NCc1ccc(F)c(F)c1)c1ccc(F)cc1. The van der Waals surface area contributed by atoms with Crippen molar-refractivity contribution in [3.63, 3.8) is 0 Å². The molecule has 0 heterocycles. The summed E-state index contributed by atoms with van der Waals surface area (Å²) in [5.74, 6) is -2.61. The Labute approximate surface area is 114 Å². The second-order valence-corrected chi connectivity index (χ2v) is 5.79. The Kier molecular flexibility index (Phi) is 4.10. The van der Waals surface area contributed by atoms with Crippen molar-refractivity contribution in [2.45, 2.75) is 11.4 Å². The summed E-state index contributed by atoms with van der Waals surface area (Å²) in [4.78, 5) is -0.110. The Bertz CT molecular complexity index is 715. The van der Waals surface area contributed by atoms with Crippen molar-refractivity contribution in [3.05, 3.63) is 65.5 Å². The molecule has 3 nitrogen and oxygen atoms in total. The van der Waals surface area contributed by atoms with E-state index in [-0.39, 0.29) is 17.0 Å². The average molecular weight is 301 g/mol. The minimum absolute atomic E-state index is 0.110. The molecule has 0 aromatic heterocycles. The lowest BCUT2D eigenvalue weighted by Crippen LogP contribution is -2.23. The molecular weight excluding hydrogens is 291 g/mol. The van der Waals surface area contributed by atoms with Crippen molar-refractivity contribution in [3.8, 4) is 0 Å². The molecule has 0 aliphatic carbocycles. The third-order valence-corrected chi connectivity index (χ3v) is 3.99. The van der Waals surface area contributed by atoms with Gasteiger partial charge in [-0.25, -0.2) is 26.3 Å². The molecule has 0 saturated heterocycles. The third-order valence-electron chi connectivity index (χ3n) is 2.57. The molecule has 1 N–H and O–H groups in total. The third kappa shape index (κ3) is 3.37. The van der Waals surface area contributed by atoms with Gasteiger partial charge >= 0.3 is 0 Å². The van der Waals surface area contributed by atoms with Crippen LogP contribution in [-0.4, -0.2) is 8.42 Å². The molecule has 0 unspecified atom stereocenters. The zero-order valence-corrected chi connectivity index (χ0v) is 10.9. The van der Waals surface area contributed by atoms with E-state index in [0.29, 0.717) is 0 Å². The molecule has 2 aromatic rings. The number of hydrogen-bond acceptors (Lipinski definition) is 2. The topological polar surface area (TPSA) is 46.2 Å². The van der Waals surface area contributed by atoms with Crippen LogP contribution in [0, 0.1) is 17.5 Å². The van der Waals surface area contributed by atoms with Gasteiger partial charge in [0.15, 0.2) is 11.6 Å². The van der Waals surface area contributed by atoms with E-state index in [0.717, 1.165) is 36.4 Å². The van der Waals surface area contributed by atoms with Crippen LogP contribution in [0.25, 0.3) is 0 Å². The second kappa shape index (κ2) is 5.64. The Morgan fingerprint density at radius 1 is 0.900 bits per heavy atom. The molecule has 0 bridgehead atoms. The van der Waals surface area contributed by atoms with E-state index in [2.05, 4.69) is 4.72 Å². The van der Waals surface area contributed by atoms with E-state index < -0.39 is 27.5 Å². The Morgan fingerprint density at radius 3 is 2.15 bits per heavy atom. The zero-order chi connectivity index (χ0) is 14.8. The summed E-state index contributed by atoms with van der Waals surface area (Å²) in [6, 6.07) is 7.36. The van der Waals surface area contributed by atoms with Gasteiger partial charge in [0.1, 0.15) is 5.82 Å². The van der Waals surface area contributed by atoms with Gasteiger partial charge in [0.25, 0.3) is 0 Å². The molecule has 0 aliphatic heterocycles. The highest BCUT2D eigenvalue weighted by molar-refractivity contribution is 7.89. The van der Waals surface area contributed by atoms with Crippen molar-refractivity contribution in [1.29, 1.82) is 0 Å². The van der Waals surface area contributed by atoms with Crippen LogP contribution in [0.1, 0.15) is 5.56 Å². The minimum atomic E-state index is -3.83. The average Bonchev–Trinajstić information content (AvgIpc) is 2.41. The van der Waals surface area contributed by atoms with Crippen molar-refractivity contribution >= 4 is 10.0 Å². The van der Waals surface area contributed by atoms with Gasteiger partial charge in [-0.2, -0.15) is 0 Å². The highest BCUT2D eigenvalue weighted by atomic mass is 32.2. The van der Waals surface area contributed by atoms with Crippen molar-refractivity contribution < 1.29 is 21.6 Å². The monoisotopic (exact) mass is 301 g/mol. The van der Waals surface area contributed by atoms with E-state index in [1.807, 2.05) is 0 Å². The maximum Gasteiger partial charge on any atom is 0.240 e. The Morgan fingerprint density at radius 2 is 1.55 bits per heavy atom. The summed E-state index contributed by atoms with van der Waals surface area (Å²) < 4.78 is 64.4. The molecule has 2 rings (SSSR count). The first-order valence-electron chi connectivity index (χ1n) is 5.58. The quantitative estimate of drug-likeness (QED) is 0.943. The molecule has 0 aliphatic rings. The van der Waals surface area contributed by atoms with Crippen LogP contribution in [0.3, 0.4) is 0 Å². The minimum Gasteiger partial charge on any atom is -0.207 e. The summed E-state index contributed by atoms with van der Waals surface area (Å²) in [5.41, 5.74) is 0.273. The van der Waals surface area contributed by atoms with Gasteiger partial charge in [-0.1, -0.05) is 6.07 Å². The number of nitrogens with one attached hydrogen (secondary N) is 1. The van der Waals surface area contributed by atoms with Gasteiger partial charge in [0.05, 0.1) is 4.90 Å². The Hall–Kier alpha value is -1.86. The fourth-order valence-electron chi connectivity index (χ4n) is 1.53. The molecule has 0 spiro atoms. The number of hydrogen-bond donors (Lipinski definition) is 1. The van der Waals surface area contributed by atoms with E-state index in [4.69, 9.17) is 0 Å². The van der Waals surface area contributed by atoms with Gasteiger partial charge in [-0.3, -0.25) is 0 Å². The molecule has 0 radical (unpaired) electrons. The zero-order valence-electron chi connectivity index (χ0n) is 10.1. The van der Waals surface area contributed by atoms with E-state index in [9.17, 15) is 21.6 Å². The van der Waals surface area contributed by atoms with E-state index in [1.54, 1.807) is 0 Å². The maximum absolute atomic E-state index is 13.0. The number of halogens is 3. The first kappa shape index (κ1) is 14.5. The molecule has 7 heteroatoms. The molecule has 0 amide bonds. The van der Waals surface area contributed by atoms with Gasteiger partial charge in [-0.15, -0.1) is 0 Å². The summed E-state index contributed by atoms with van der Waals surface area (Å²) in [6.45, 7) is -0.198. The summed E-state index contributed by atoms with van der Waals surface area (Å²) in [6.07, 6.45) is 0. The summed E-state index contributed by atoms with van der Waals surface area (Å²) in [5, 5.41) is 0. The number of benzene rings is 2. The highest BCUT2D eigenvalue weighted by Crippen LogP contribution is 2.12. The molecule has 2 aromatic carbocycles. The lowest BCUT2D eigenvalue weighted by atomic mass is 10.2. The van der Waals surface area contributed by atoms with Crippen LogP contribution < -0.4 is 4.72 Å².